The zero-order chi connectivity index (χ0) is 19.3. The van der Waals surface area contributed by atoms with Crippen LogP contribution in [-0.4, -0.2) is 34.0 Å². The first-order valence-electron chi connectivity index (χ1n) is 8.05. The first-order chi connectivity index (χ1) is 12.3. The second-order valence-corrected chi connectivity index (χ2v) is 7.58. The normalized spacial score (nSPS) is 11.9. The number of benzene rings is 2. The number of anilines is 1. The van der Waals surface area contributed by atoms with Crippen LogP contribution >= 0.6 is 12.4 Å². The Morgan fingerprint density at radius 2 is 1.81 bits per heavy atom. The van der Waals surface area contributed by atoms with Crippen LogP contribution in [0.2, 0.25) is 0 Å². The zero-order valence-corrected chi connectivity index (χ0v) is 17.0. The van der Waals surface area contributed by atoms with Crippen LogP contribution in [0.1, 0.15) is 22.8 Å². The van der Waals surface area contributed by atoms with Crippen molar-refractivity contribution in [2.24, 2.45) is 5.73 Å². The molecule has 7 nitrogen and oxygen atoms in total. The summed E-state index contributed by atoms with van der Waals surface area (Å²) in [6, 6.07) is 10.9. The highest BCUT2D eigenvalue weighted by Gasteiger charge is 2.20. The Labute approximate surface area is 165 Å². The van der Waals surface area contributed by atoms with Crippen molar-refractivity contribution in [3.8, 4) is 5.75 Å². The van der Waals surface area contributed by atoms with Gasteiger partial charge in [-0.05, 0) is 55.8 Å². The second-order valence-electron chi connectivity index (χ2n) is 5.92. The summed E-state index contributed by atoms with van der Waals surface area (Å²) in [6.45, 7) is 3.74. The molecule has 0 radical (unpaired) electrons. The summed E-state index contributed by atoms with van der Waals surface area (Å²) in [5.74, 6) is 0.251. The van der Waals surface area contributed by atoms with Gasteiger partial charge in [-0.25, -0.2) is 8.42 Å². The lowest BCUT2D eigenvalue weighted by molar-refractivity contribution is 0.0941. The van der Waals surface area contributed by atoms with Crippen molar-refractivity contribution >= 4 is 34.0 Å². The van der Waals surface area contributed by atoms with Gasteiger partial charge >= 0.3 is 0 Å². The van der Waals surface area contributed by atoms with Crippen LogP contribution < -0.4 is 20.5 Å². The Morgan fingerprint density at radius 3 is 2.37 bits per heavy atom. The van der Waals surface area contributed by atoms with Crippen molar-refractivity contribution in [3.63, 3.8) is 0 Å². The van der Waals surface area contributed by atoms with E-state index >= 15 is 0 Å². The van der Waals surface area contributed by atoms with Gasteiger partial charge in [-0.2, -0.15) is 0 Å². The molecule has 0 fully saturated rings. The number of sulfonamides is 1. The molecule has 0 bridgehead atoms. The van der Waals surface area contributed by atoms with Crippen molar-refractivity contribution in [3.05, 3.63) is 53.6 Å². The van der Waals surface area contributed by atoms with Gasteiger partial charge in [0, 0.05) is 23.8 Å². The van der Waals surface area contributed by atoms with E-state index in [1.165, 1.54) is 13.2 Å². The lowest BCUT2D eigenvalue weighted by atomic mass is 10.1. The van der Waals surface area contributed by atoms with Crippen LogP contribution in [-0.2, 0) is 10.0 Å². The summed E-state index contributed by atoms with van der Waals surface area (Å²) in [5.41, 5.74) is 6.69. The molecule has 0 saturated heterocycles. The summed E-state index contributed by atoms with van der Waals surface area (Å²) in [4.78, 5) is 12.3. The molecule has 0 saturated carbocycles. The van der Waals surface area contributed by atoms with Crippen molar-refractivity contribution in [2.45, 2.75) is 24.8 Å². The number of rotatable bonds is 7. The van der Waals surface area contributed by atoms with Crippen LogP contribution in [0.5, 0.6) is 5.75 Å². The Morgan fingerprint density at radius 1 is 1.19 bits per heavy atom. The molecule has 0 aliphatic carbocycles. The largest absolute Gasteiger partial charge is 0.497 e. The van der Waals surface area contributed by atoms with Gasteiger partial charge in [0.25, 0.3) is 15.9 Å². The summed E-state index contributed by atoms with van der Waals surface area (Å²) >= 11 is 0. The molecule has 0 heterocycles. The first-order valence-corrected chi connectivity index (χ1v) is 9.53. The maximum absolute atomic E-state index is 12.7. The molecular formula is C18H24ClN3O4S. The molecule has 0 aliphatic rings. The van der Waals surface area contributed by atoms with Crippen LogP contribution in [0.15, 0.2) is 47.4 Å². The van der Waals surface area contributed by atoms with E-state index in [9.17, 15) is 13.2 Å². The Bertz CT molecular complexity index is 886. The number of hydrogen-bond donors (Lipinski definition) is 3. The van der Waals surface area contributed by atoms with Gasteiger partial charge in [0.1, 0.15) is 5.75 Å². The lowest BCUT2D eigenvalue weighted by Crippen LogP contribution is -2.37. The van der Waals surface area contributed by atoms with Crippen molar-refractivity contribution in [2.75, 3.05) is 18.4 Å². The van der Waals surface area contributed by atoms with E-state index in [1.807, 2.05) is 0 Å². The molecule has 0 aliphatic heterocycles. The smallest absolute Gasteiger partial charge is 0.262 e. The lowest BCUT2D eigenvalue weighted by Gasteiger charge is -2.14. The molecule has 2 rings (SSSR count). The van der Waals surface area contributed by atoms with Gasteiger partial charge in [-0.15, -0.1) is 12.4 Å². The first kappa shape index (κ1) is 22.8. The van der Waals surface area contributed by atoms with E-state index in [4.69, 9.17) is 10.5 Å². The minimum absolute atomic E-state index is 0. The van der Waals surface area contributed by atoms with E-state index in [-0.39, 0.29) is 34.8 Å². The highest BCUT2D eigenvalue weighted by atomic mass is 35.5. The third-order valence-electron chi connectivity index (χ3n) is 3.81. The average molecular weight is 414 g/mol. The molecule has 0 unspecified atom stereocenters. The molecule has 0 spiro atoms. The van der Waals surface area contributed by atoms with E-state index in [0.29, 0.717) is 23.5 Å². The summed E-state index contributed by atoms with van der Waals surface area (Å²) in [7, 11) is -2.32. The fraction of sp³-hybridized carbons (Fsp3) is 0.278. The minimum atomic E-state index is -3.85. The number of aryl methyl sites for hydroxylation is 1. The maximum atomic E-state index is 12.7. The summed E-state index contributed by atoms with van der Waals surface area (Å²) in [5, 5.41) is 2.71. The van der Waals surface area contributed by atoms with Gasteiger partial charge in [0.2, 0.25) is 0 Å². The van der Waals surface area contributed by atoms with Gasteiger partial charge in [0.05, 0.1) is 12.0 Å². The predicted octanol–water partition coefficient (Wildman–Crippen LogP) is 2.30. The number of nitrogens with two attached hydrogens (primary N) is 1. The molecule has 2 aromatic rings. The Kier molecular flexibility index (Phi) is 8.08. The van der Waals surface area contributed by atoms with E-state index in [0.717, 1.165) is 0 Å². The molecule has 27 heavy (non-hydrogen) atoms. The van der Waals surface area contributed by atoms with Gasteiger partial charge < -0.3 is 15.8 Å². The molecule has 1 atom stereocenters. The van der Waals surface area contributed by atoms with E-state index < -0.39 is 10.0 Å². The Hall–Kier alpha value is -2.29. The number of ether oxygens (including phenoxy) is 1. The van der Waals surface area contributed by atoms with Crippen LogP contribution in [0.3, 0.4) is 0 Å². The average Bonchev–Trinajstić information content (AvgIpc) is 2.62. The zero-order valence-electron chi connectivity index (χ0n) is 15.4. The molecule has 0 aromatic heterocycles. The van der Waals surface area contributed by atoms with E-state index in [2.05, 4.69) is 10.0 Å². The summed E-state index contributed by atoms with van der Waals surface area (Å²) in [6.07, 6.45) is 0. The topological polar surface area (TPSA) is 111 Å². The highest BCUT2D eigenvalue weighted by molar-refractivity contribution is 7.92. The standard InChI is InChI=1S/C18H23N3O4S.ClH/c1-12-4-5-14(18(22)20-13(2)11-19)10-17(12)26(23,24)21-15-6-8-16(25-3)9-7-15;/h4-10,13,21H,11,19H2,1-3H3,(H,20,22);1H/t13-;/m0./s1. The number of carbonyl (C=O) groups is 1. The molecular weight excluding hydrogens is 390 g/mol. The molecule has 2 aromatic carbocycles. The number of methoxy groups -OCH3 is 1. The fourth-order valence-electron chi connectivity index (χ4n) is 2.27. The number of hydrogen-bond acceptors (Lipinski definition) is 5. The van der Waals surface area contributed by atoms with Crippen LogP contribution in [0.4, 0.5) is 5.69 Å². The number of amides is 1. The van der Waals surface area contributed by atoms with Crippen molar-refractivity contribution < 1.29 is 17.9 Å². The summed E-state index contributed by atoms with van der Waals surface area (Å²) < 4.78 is 33.0. The van der Waals surface area contributed by atoms with Gasteiger partial charge in [-0.3, -0.25) is 9.52 Å². The third kappa shape index (κ3) is 5.85. The molecule has 1 amide bonds. The maximum Gasteiger partial charge on any atom is 0.262 e. The predicted molar refractivity (Wildman–Crippen MR) is 108 cm³/mol. The SMILES string of the molecule is COc1ccc(NS(=O)(=O)c2cc(C(=O)N[C@@H](C)CN)ccc2C)cc1.Cl. The second kappa shape index (κ2) is 9.59. The number of nitrogens with one attached hydrogen (secondary N) is 2. The molecule has 4 N–H and O–H groups in total. The van der Waals surface area contributed by atoms with Gasteiger partial charge in [0.15, 0.2) is 0 Å². The fourth-order valence-corrected chi connectivity index (χ4v) is 3.60. The molecule has 148 valence electrons. The quantitative estimate of drug-likeness (QED) is 0.645. The minimum Gasteiger partial charge on any atom is -0.497 e. The van der Waals surface area contributed by atoms with Crippen molar-refractivity contribution in [1.29, 1.82) is 0 Å². The van der Waals surface area contributed by atoms with Gasteiger partial charge in [-0.1, -0.05) is 6.07 Å². The number of carbonyl (C=O) groups excluding carboxylic acids is 1. The van der Waals surface area contributed by atoms with E-state index in [1.54, 1.807) is 50.2 Å². The molecule has 9 heteroatoms. The highest BCUT2D eigenvalue weighted by Crippen LogP contribution is 2.22. The Balaban J connectivity index is 0.00000364. The van der Waals surface area contributed by atoms with Crippen LogP contribution in [0, 0.1) is 6.92 Å². The number of halogens is 1. The van der Waals surface area contributed by atoms with Crippen molar-refractivity contribution in [1.82, 2.24) is 5.32 Å². The third-order valence-corrected chi connectivity index (χ3v) is 5.34. The van der Waals surface area contributed by atoms with Crippen LogP contribution in [0.25, 0.3) is 0 Å². The monoisotopic (exact) mass is 413 g/mol.